The fourth-order valence-electron chi connectivity index (χ4n) is 1.85. The van der Waals surface area contributed by atoms with E-state index in [1.807, 2.05) is 0 Å². The monoisotopic (exact) mass is 327 g/mol. The lowest BCUT2D eigenvalue weighted by Gasteiger charge is -2.22. The van der Waals surface area contributed by atoms with Crippen LogP contribution in [0.1, 0.15) is 23.7 Å². The summed E-state index contributed by atoms with van der Waals surface area (Å²) in [6.45, 7) is 1.65. The lowest BCUT2D eigenvalue weighted by Crippen LogP contribution is -2.46. The normalized spacial score (nSPS) is 12.9. The van der Waals surface area contributed by atoms with Crippen LogP contribution < -0.4 is 5.32 Å². The third-order valence-corrected chi connectivity index (χ3v) is 3.39. The highest BCUT2D eigenvalue weighted by molar-refractivity contribution is 6.30. The molecule has 0 spiro atoms. The van der Waals surface area contributed by atoms with Gasteiger partial charge in [-0.25, -0.2) is 4.79 Å². The van der Waals surface area contributed by atoms with Crippen molar-refractivity contribution in [1.82, 2.24) is 5.32 Å². The van der Waals surface area contributed by atoms with Crippen LogP contribution in [0.15, 0.2) is 24.3 Å². The third-order valence-electron chi connectivity index (χ3n) is 3.13. The number of hydrogen-bond donors (Lipinski definition) is 1. The highest BCUT2D eigenvalue weighted by atomic mass is 35.5. The van der Waals surface area contributed by atoms with Crippen LogP contribution in [0.2, 0.25) is 5.02 Å². The summed E-state index contributed by atoms with van der Waals surface area (Å²) in [5.74, 6) is -2.03. The zero-order valence-electron chi connectivity index (χ0n) is 12.6. The van der Waals surface area contributed by atoms with Crippen LogP contribution in [0.25, 0.3) is 0 Å². The van der Waals surface area contributed by atoms with Gasteiger partial charge in [0.1, 0.15) is 6.04 Å². The fourth-order valence-corrected chi connectivity index (χ4v) is 1.98. The number of benzene rings is 1. The van der Waals surface area contributed by atoms with Gasteiger partial charge in [-0.3, -0.25) is 9.59 Å². The largest absolute Gasteiger partial charge is 0.469 e. The molecule has 1 rings (SSSR count). The Balaban J connectivity index is 2.84. The van der Waals surface area contributed by atoms with Crippen molar-refractivity contribution in [2.75, 3.05) is 14.2 Å². The molecule has 1 aromatic rings. The lowest BCUT2D eigenvalue weighted by molar-refractivity contribution is -0.146. The highest BCUT2D eigenvalue weighted by Crippen LogP contribution is 2.13. The van der Waals surface area contributed by atoms with Crippen LogP contribution in [-0.2, 0) is 19.1 Å². The predicted molar refractivity (Wildman–Crippen MR) is 80.5 cm³/mol. The minimum absolute atomic E-state index is 0.0167. The van der Waals surface area contributed by atoms with Gasteiger partial charge in [-0.05, 0) is 30.2 Å². The minimum atomic E-state index is -0.952. The first-order valence-electron chi connectivity index (χ1n) is 6.60. The predicted octanol–water partition coefficient (Wildman–Crippen LogP) is 1.81. The summed E-state index contributed by atoms with van der Waals surface area (Å²) in [5.41, 5.74) is 0.351. The van der Waals surface area contributed by atoms with Crippen LogP contribution in [0.4, 0.5) is 0 Å². The van der Waals surface area contributed by atoms with E-state index in [0.29, 0.717) is 10.6 Å². The van der Waals surface area contributed by atoms with Crippen molar-refractivity contribution in [2.24, 2.45) is 5.92 Å². The van der Waals surface area contributed by atoms with Crippen LogP contribution in [0.3, 0.4) is 0 Å². The van der Waals surface area contributed by atoms with E-state index in [9.17, 15) is 14.4 Å². The summed E-state index contributed by atoms with van der Waals surface area (Å²) < 4.78 is 9.25. The first-order valence-corrected chi connectivity index (χ1v) is 6.98. The van der Waals surface area contributed by atoms with Crippen molar-refractivity contribution in [3.63, 3.8) is 0 Å². The number of hydrogen-bond acceptors (Lipinski definition) is 5. The molecule has 0 saturated heterocycles. The Hall–Kier alpha value is -2.08. The molecule has 0 unspecified atom stereocenters. The Morgan fingerprint density at radius 3 is 2.23 bits per heavy atom. The van der Waals surface area contributed by atoms with Crippen LogP contribution in [-0.4, -0.2) is 38.1 Å². The average molecular weight is 328 g/mol. The van der Waals surface area contributed by atoms with E-state index in [0.717, 1.165) is 0 Å². The lowest BCUT2D eigenvalue weighted by atomic mass is 9.98. The minimum Gasteiger partial charge on any atom is -0.469 e. The van der Waals surface area contributed by atoms with Gasteiger partial charge < -0.3 is 14.8 Å². The second-order valence-corrected chi connectivity index (χ2v) is 5.18. The van der Waals surface area contributed by atoms with Gasteiger partial charge >= 0.3 is 11.9 Å². The number of carbonyl (C=O) groups is 3. The standard InChI is InChI=1S/C15H18ClNO5/c1-9(8-12(18)21-2)13(15(20)22-3)17-14(19)10-4-6-11(16)7-5-10/h4-7,9,13H,8H2,1-3H3,(H,17,19)/t9-,13-/m0/s1. The topological polar surface area (TPSA) is 81.7 Å². The molecule has 0 fully saturated rings. The molecule has 0 saturated carbocycles. The van der Waals surface area contributed by atoms with Crippen molar-refractivity contribution in [2.45, 2.75) is 19.4 Å². The summed E-state index contributed by atoms with van der Waals surface area (Å²) >= 11 is 5.76. The van der Waals surface area contributed by atoms with Gasteiger partial charge in [0, 0.05) is 10.6 Å². The average Bonchev–Trinajstić information content (AvgIpc) is 2.51. The van der Waals surface area contributed by atoms with E-state index < -0.39 is 29.8 Å². The first-order chi connectivity index (χ1) is 10.4. The molecule has 22 heavy (non-hydrogen) atoms. The van der Waals surface area contributed by atoms with Gasteiger partial charge in [-0.15, -0.1) is 0 Å². The summed E-state index contributed by atoms with van der Waals surface area (Å²) in [4.78, 5) is 35.3. The number of rotatable bonds is 6. The van der Waals surface area contributed by atoms with E-state index in [-0.39, 0.29) is 6.42 Å². The fraction of sp³-hybridized carbons (Fsp3) is 0.400. The zero-order chi connectivity index (χ0) is 16.7. The molecule has 120 valence electrons. The highest BCUT2D eigenvalue weighted by Gasteiger charge is 2.29. The molecule has 1 N–H and O–H groups in total. The van der Waals surface area contributed by atoms with Gasteiger partial charge in [0.2, 0.25) is 0 Å². The van der Waals surface area contributed by atoms with E-state index in [2.05, 4.69) is 14.8 Å². The molecule has 7 heteroatoms. The number of nitrogens with one attached hydrogen (secondary N) is 1. The summed E-state index contributed by atoms with van der Waals surface area (Å²) in [5, 5.41) is 3.07. The van der Waals surface area contributed by atoms with Crippen LogP contribution in [0.5, 0.6) is 0 Å². The Bertz CT molecular complexity index is 543. The van der Waals surface area contributed by atoms with Crippen molar-refractivity contribution < 1.29 is 23.9 Å². The molecule has 0 heterocycles. The molecule has 1 amide bonds. The number of halogens is 1. The van der Waals surface area contributed by atoms with Crippen molar-refractivity contribution in [3.8, 4) is 0 Å². The van der Waals surface area contributed by atoms with Crippen molar-refractivity contribution in [3.05, 3.63) is 34.9 Å². The molecular weight excluding hydrogens is 310 g/mol. The SMILES string of the molecule is COC(=O)C[C@H](C)[C@H](NC(=O)c1ccc(Cl)cc1)C(=O)OC. The van der Waals surface area contributed by atoms with Gasteiger partial charge in [-0.2, -0.15) is 0 Å². The van der Waals surface area contributed by atoms with Gasteiger partial charge in [0.05, 0.1) is 20.6 Å². The van der Waals surface area contributed by atoms with Crippen LogP contribution >= 0.6 is 11.6 Å². The van der Waals surface area contributed by atoms with E-state index >= 15 is 0 Å². The molecule has 0 aliphatic heterocycles. The maximum absolute atomic E-state index is 12.2. The second kappa shape index (κ2) is 8.38. The Labute approximate surface area is 133 Å². The Morgan fingerprint density at radius 2 is 1.73 bits per heavy atom. The van der Waals surface area contributed by atoms with Gasteiger partial charge in [0.25, 0.3) is 5.91 Å². The first kappa shape index (κ1) is 18.0. The molecule has 2 atom stereocenters. The van der Waals surface area contributed by atoms with E-state index in [4.69, 9.17) is 11.6 Å². The quantitative estimate of drug-likeness (QED) is 0.806. The molecule has 0 aromatic heterocycles. The molecular formula is C15H18ClNO5. The maximum atomic E-state index is 12.2. The van der Waals surface area contributed by atoms with Crippen molar-refractivity contribution in [1.29, 1.82) is 0 Å². The Morgan fingerprint density at radius 1 is 1.14 bits per heavy atom. The molecule has 6 nitrogen and oxygen atoms in total. The third kappa shape index (κ3) is 5.04. The second-order valence-electron chi connectivity index (χ2n) is 4.74. The number of carbonyl (C=O) groups excluding carboxylic acids is 3. The summed E-state index contributed by atoms with van der Waals surface area (Å²) in [6.07, 6.45) is -0.0167. The van der Waals surface area contributed by atoms with Crippen LogP contribution in [0, 0.1) is 5.92 Å². The van der Waals surface area contributed by atoms with Crippen molar-refractivity contribution >= 4 is 29.4 Å². The van der Waals surface area contributed by atoms with E-state index in [1.54, 1.807) is 19.1 Å². The summed E-state index contributed by atoms with van der Waals surface area (Å²) in [6, 6.07) is 5.27. The molecule has 0 bridgehead atoms. The zero-order valence-corrected chi connectivity index (χ0v) is 13.3. The molecule has 0 aliphatic carbocycles. The number of amides is 1. The summed E-state index contributed by atoms with van der Waals surface area (Å²) in [7, 11) is 2.48. The number of methoxy groups -OCH3 is 2. The molecule has 0 radical (unpaired) electrons. The molecule has 1 aromatic carbocycles. The smallest absolute Gasteiger partial charge is 0.328 e. The maximum Gasteiger partial charge on any atom is 0.328 e. The Kier molecular flexibility index (Phi) is 6.85. The van der Waals surface area contributed by atoms with Gasteiger partial charge in [-0.1, -0.05) is 18.5 Å². The number of ether oxygens (including phenoxy) is 2. The van der Waals surface area contributed by atoms with E-state index in [1.165, 1.54) is 26.4 Å². The number of esters is 2. The molecule has 0 aliphatic rings. The van der Waals surface area contributed by atoms with Gasteiger partial charge in [0.15, 0.2) is 0 Å².